The Bertz CT molecular complexity index is 240. The molecule has 0 aliphatic rings. The van der Waals surface area contributed by atoms with E-state index in [1.807, 2.05) is 0 Å². The molecule has 0 saturated heterocycles. The Morgan fingerprint density at radius 1 is 1.38 bits per heavy atom. The second kappa shape index (κ2) is 4.04. The van der Waals surface area contributed by atoms with Gasteiger partial charge in [0.1, 0.15) is 11.2 Å². The Hall–Kier alpha value is -1.36. The zero-order chi connectivity index (χ0) is 10.6. The summed E-state index contributed by atoms with van der Waals surface area (Å²) in [6, 6.07) is 0. The fourth-order valence-electron chi connectivity index (χ4n) is 0.520. The minimum atomic E-state index is -0.768. The molecule has 5 heteroatoms. The first-order valence-electron chi connectivity index (χ1n) is 3.71. The Morgan fingerprint density at radius 3 is 2.15 bits per heavy atom. The highest BCUT2D eigenvalue weighted by Crippen LogP contribution is 2.09. The van der Waals surface area contributed by atoms with Crippen molar-refractivity contribution < 1.29 is 14.3 Å². The number of amides is 1. The van der Waals surface area contributed by atoms with E-state index in [-0.39, 0.29) is 5.57 Å². The van der Waals surface area contributed by atoms with Gasteiger partial charge in [0, 0.05) is 0 Å². The van der Waals surface area contributed by atoms with Gasteiger partial charge in [0.25, 0.3) is 5.91 Å². The third-order valence-corrected chi connectivity index (χ3v) is 1.05. The maximum Gasteiger partial charge on any atom is 0.343 e. The molecule has 0 rings (SSSR count). The third kappa shape index (κ3) is 4.27. The average Bonchev–Trinajstić information content (AvgIpc) is 1.98. The summed E-state index contributed by atoms with van der Waals surface area (Å²) in [6.07, 6.45) is 0. The van der Waals surface area contributed by atoms with Crippen molar-refractivity contribution in [2.75, 3.05) is 0 Å². The summed E-state index contributed by atoms with van der Waals surface area (Å²) < 4.78 is 4.87. The van der Waals surface area contributed by atoms with Crippen LogP contribution in [0.15, 0.2) is 12.2 Å². The van der Waals surface area contributed by atoms with Gasteiger partial charge in [-0.2, -0.15) is 0 Å². The Labute approximate surface area is 76.9 Å². The van der Waals surface area contributed by atoms with Crippen molar-refractivity contribution in [3.8, 4) is 0 Å². The lowest BCUT2D eigenvalue weighted by Gasteiger charge is -2.19. The number of nitrogens with two attached hydrogens (primary N) is 1. The number of esters is 1. The van der Waals surface area contributed by atoms with E-state index in [9.17, 15) is 9.59 Å². The monoisotopic (exact) mass is 186 g/mol. The van der Waals surface area contributed by atoms with Crippen molar-refractivity contribution in [3.05, 3.63) is 12.2 Å². The molecule has 1 amide bonds. The van der Waals surface area contributed by atoms with Gasteiger partial charge in [-0.25, -0.2) is 10.6 Å². The van der Waals surface area contributed by atoms with Crippen LogP contribution in [-0.4, -0.2) is 17.5 Å². The molecule has 13 heavy (non-hydrogen) atoms. The summed E-state index contributed by atoms with van der Waals surface area (Å²) in [7, 11) is 0. The number of nitrogens with one attached hydrogen (secondary N) is 1. The minimum absolute atomic E-state index is 0.308. The van der Waals surface area contributed by atoms with E-state index in [0.717, 1.165) is 0 Å². The van der Waals surface area contributed by atoms with Gasteiger partial charge in [-0.3, -0.25) is 10.2 Å². The molecule has 0 saturated carbocycles. The van der Waals surface area contributed by atoms with Crippen LogP contribution < -0.4 is 11.3 Å². The second-order valence-electron chi connectivity index (χ2n) is 3.45. The molecule has 3 N–H and O–H groups in total. The topological polar surface area (TPSA) is 81.4 Å². The minimum Gasteiger partial charge on any atom is -0.456 e. The largest absolute Gasteiger partial charge is 0.456 e. The second-order valence-corrected chi connectivity index (χ2v) is 3.45. The zero-order valence-corrected chi connectivity index (χ0v) is 8.01. The molecule has 0 aliphatic heterocycles. The molecule has 0 atom stereocenters. The van der Waals surface area contributed by atoms with E-state index in [1.165, 1.54) is 0 Å². The first kappa shape index (κ1) is 11.6. The van der Waals surface area contributed by atoms with Crippen molar-refractivity contribution in [1.29, 1.82) is 0 Å². The average molecular weight is 186 g/mol. The Balaban J connectivity index is 4.30. The van der Waals surface area contributed by atoms with E-state index in [2.05, 4.69) is 6.58 Å². The standard InChI is InChI=1S/C8H14N2O3/c1-5(6(11)10-9)7(12)13-8(2,3)4/h1,9H2,2-4H3,(H,10,11). The Morgan fingerprint density at radius 2 is 1.85 bits per heavy atom. The van der Waals surface area contributed by atoms with Crippen LogP contribution in [0.2, 0.25) is 0 Å². The van der Waals surface area contributed by atoms with Crippen molar-refractivity contribution in [2.45, 2.75) is 26.4 Å². The fraction of sp³-hybridized carbons (Fsp3) is 0.500. The SMILES string of the molecule is C=C(C(=O)NN)C(=O)OC(C)(C)C. The van der Waals surface area contributed by atoms with Gasteiger partial charge in [-0.05, 0) is 20.8 Å². The summed E-state index contributed by atoms with van der Waals surface area (Å²) in [4.78, 5) is 21.9. The van der Waals surface area contributed by atoms with Gasteiger partial charge in [0.15, 0.2) is 0 Å². The van der Waals surface area contributed by atoms with Gasteiger partial charge in [0.05, 0.1) is 0 Å². The zero-order valence-electron chi connectivity index (χ0n) is 8.01. The highest BCUT2D eigenvalue weighted by molar-refractivity contribution is 6.15. The molecule has 5 nitrogen and oxygen atoms in total. The highest BCUT2D eigenvalue weighted by atomic mass is 16.6. The highest BCUT2D eigenvalue weighted by Gasteiger charge is 2.22. The summed E-state index contributed by atoms with van der Waals surface area (Å²) in [5.41, 5.74) is 0.840. The van der Waals surface area contributed by atoms with Crippen LogP contribution in [-0.2, 0) is 14.3 Å². The maximum atomic E-state index is 11.1. The number of hydrazine groups is 1. The lowest BCUT2D eigenvalue weighted by atomic mass is 10.2. The first-order chi connectivity index (χ1) is 5.78. The molecule has 0 fully saturated rings. The van der Waals surface area contributed by atoms with Crippen LogP contribution in [0, 0.1) is 0 Å². The lowest BCUT2D eigenvalue weighted by molar-refractivity contribution is -0.150. The van der Waals surface area contributed by atoms with Crippen LogP contribution in [0.1, 0.15) is 20.8 Å². The van der Waals surface area contributed by atoms with Gasteiger partial charge in [0.2, 0.25) is 0 Å². The number of ether oxygens (including phenoxy) is 1. The molecule has 0 heterocycles. The van der Waals surface area contributed by atoms with Gasteiger partial charge >= 0.3 is 5.97 Å². The summed E-state index contributed by atoms with van der Waals surface area (Å²) in [5, 5.41) is 0. The van der Waals surface area contributed by atoms with E-state index in [1.54, 1.807) is 26.2 Å². The quantitative estimate of drug-likeness (QED) is 0.120. The fourth-order valence-corrected chi connectivity index (χ4v) is 0.520. The number of hydrogen-bond donors (Lipinski definition) is 2. The van der Waals surface area contributed by atoms with Crippen LogP contribution >= 0.6 is 0 Å². The number of carbonyl (C=O) groups excluding carboxylic acids is 2. The van der Waals surface area contributed by atoms with Crippen LogP contribution in [0.4, 0.5) is 0 Å². The summed E-state index contributed by atoms with van der Waals surface area (Å²) >= 11 is 0. The molecular weight excluding hydrogens is 172 g/mol. The summed E-state index contributed by atoms with van der Waals surface area (Å²) in [5.74, 6) is 3.30. The van der Waals surface area contributed by atoms with Crippen molar-refractivity contribution in [1.82, 2.24) is 5.43 Å². The Kier molecular flexibility index (Phi) is 3.62. The predicted molar refractivity (Wildman–Crippen MR) is 47.3 cm³/mol. The van der Waals surface area contributed by atoms with Crippen molar-refractivity contribution in [2.24, 2.45) is 5.84 Å². The molecule has 0 spiro atoms. The molecule has 0 aromatic heterocycles. The molecule has 0 unspecified atom stereocenters. The number of rotatable bonds is 2. The normalized spacial score (nSPS) is 10.5. The van der Waals surface area contributed by atoms with E-state index >= 15 is 0 Å². The van der Waals surface area contributed by atoms with Gasteiger partial charge in [-0.1, -0.05) is 6.58 Å². The predicted octanol–water partition coefficient (Wildman–Crippen LogP) is -0.126. The number of hydrogen-bond acceptors (Lipinski definition) is 4. The van der Waals surface area contributed by atoms with E-state index in [4.69, 9.17) is 10.6 Å². The van der Waals surface area contributed by atoms with E-state index < -0.39 is 17.5 Å². The van der Waals surface area contributed by atoms with Gasteiger partial charge < -0.3 is 4.74 Å². The molecule has 0 aliphatic carbocycles. The molecule has 0 aromatic rings. The van der Waals surface area contributed by atoms with Crippen molar-refractivity contribution >= 4 is 11.9 Å². The van der Waals surface area contributed by atoms with Crippen LogP contribution in [0.3, 0.4) is 0 Å². The van der Waals surface area contributed by atoms with Gasteiger partial charge in [-0.15, -0.1) is 0 Å². The molecule has 0 bridgehead atoms. The maximum absolute atomic E-state index is 11.1. The molecule has 0 aromatic carbocycles. The molecular formula is C8H14N2O3. The number of carbonyl (C=O) groups is 2. The van der Waals surface area contributed by atoms with E-state index in [0.29, 0.717) is 0 Å². The van der Waals surface area contributed by atoms with Crippen molar-refractivity contribution in [3.63, 3.8) is 0 Å². The smallest absolute Gasteiger partial charge is 0.343 e. The lowest BCUT2D eigenvalue weighted by Crippen LogP contribution is -2.36. The third-order valence-electron chi connectivity index (χ3n) is 1.05. The molecule has 0 radical (unpaired) electrons. The van der Waals surface area contributed by atoms with Crippen LogP contribution in [0.5, 0.6) is 0 Å². The molecule has 74 valence electrons. The summed E-state index contributed by atoms with van der Waals surface area (Å²) in [6.45, 7) is 8.32. The van der Waals surface area contributed by atoms with Crippen LogP contribution in [0.25, 0.3) is 0 Å². The first-order valence-corrected chi connectivity index (χ1v) is 3.71.